The average Bonchev–Trinajstić information content (AvgIpc) is 3.17. The Kier molecular flexibility index (Phi) is 7.70. The Bertz CT molecular complexity index is 1190. The molecular weight excluding hydrogens is 451 g/mol. The van der Waals surface area contributed by atoms with E-state index in [4.69, 9.17) is 9.47 Å². The Morgan fingerprint density at radius 3 is 2.69 bits per heavy atom. The van der Waals surface area contributed by atoms with E-state index in [0.717, 1.165) is 16.8 Å². The van der Waals surface area contributed by atoms with Gasteiger partial charge in [-0.15, -0.1) is 0 Å². The standard InChI is InChI=1S/C27H31FN2O5/c1-3-23(26(31)32)30-24-11-9-19(28)15-21(24)22-16-20(10-12-25(22)30)29(13-14-34-2)27(33)35-17-18-7-5-4-6-8-18/h4-9,11,15,20,23H,3,10,12-14,16-17H2,1-2H3,(H,31,32)/t20-,23?/m0/s1. The molecule has 8 heteroatoms. The smallest absolute Gasteiger partial charge is 0.410 e. The predicted molar refractivity (Wildman–Crippen MR) is 130 cm³/mol. The first kappa shape index (κ1) is 24.7. The fraction of sp³-hybridized carbons (Fsp3) is 0.407. The highest BCUT2D eigenvalue weighted by Crippen LogP contribution is 2.37. The summed E-state index contributed by atoms with van der Waals surface area (Å²) in [5.74, 6) is -1.29. The molecule has 0 aliphatic heterocycles. The molecule has 0 radical (unpaired) electrons. The molecule has 0 saturated carbocycles. The number of hydrogen-bond acceptors (Lipinski definition) is 4. The number of fused-ring (bicyclic) bond motifs is 3. The van der Waals surface area contributed by atoms with Crippen molar-refractivity contribution in [3.8, 4) is 0 Å². The molecule has 1 heterocycles. The molecule has 1 unspecified atom stereocenters. The van der Waals surface area contributed by atoms with E-state index in [1.54, 1.807) is 18.1 Å². The Morgan fingerprint density at radius 1 is 1.23 bits per heavy atom. The van der Waals surface area contributed by atoms with Gasteiger partial charge >= 0.3 is 12.1 Å². The number of methoxy groups -OCH3 is 1. The summed E-state index contributed by atoms with van der Waals surface area (Å²) in [6, 6.07) is 13.1. The predicted octanol–water partition coefficient (Wildman–Crippen LogP) is 4.96. The summed E-state index contributed by atoms with van der Waals surface area (Å²) in [5, 5.41) is 10.5. The Hall–Kier alpha value is -3.39. The molecule has 1 aliphatic rings. The number of carbonyl (C=O) groups excluding carboxylic acids is 1. The minimum atomic E-state index is -0.912. The summed E-state index contributed by atoms with van der Waals surface area (Å²) in [6.07, 6.45) is 1.70. The summed E-state index contributed by atoms with van der Waals surface area (Å²) in [7, 11) is 1.58. The fourth-order valence-corrected chi connectivity index (χ4v) is 5.05. The molecule has 1 amide bonds. The second-order valence-corrected chi connectivity index (χ2v) is 8.84. The van der Waals surface area contributed by atoms with Gasteiger partial charge in [0, 0.05) is 36.3 Å². The van der Waals surface area contributed by atoms with Gasteiger partial charge in [-0.3, -0.25) is 0 Å². The summed E-state index contributed by atoms with van der Waals surface area (Å²) >= 11 is 0. The van der Waals surface area contributed by atoms with Crippen LogP contribution in [0.15, 0.2) is 48.5 Å². The van der Waals surface area contributed by atoms with Crippen LogP contribution in [0.2, 0.25) is 0 Å². The number of carboxylic acids is 1. The summed E-state index contributed by atoms with van der Waals surface area (Å²) in [5.41, 5.74) is 3.41. The maximum absolute atomic E-state index is 14.2. The normalized spacial score (nSPS) is 16.0. The van der Waals surface area contributed by atoms with Gasteiger partial charge in [-0.05, 0) is 55.0 Å². The van der Waals surface area contributed by atoms with E-state index >= 15 is 0 Å². The largest absolute Gasteiger partial charge is 0.480 e. The van der Waals surface area contributed by atoms with Crippen LogP contribution in [0.5, 0.6) is 0 Å². The van der Waals surface area contributed by atoms with Gasteiger partial charge in [0.05, 0.1) is 6.61 Å². The highest BCUT2D eigenvalue weighted by atomic mass is 19.1. The second kappa shape index (κ2) is 10.9. The molecule has 0 saturated heterocycles. The van der Waals surface area contributed by atoms with E-state index in [-0.39, 0.29) is 18.5 Å². The topological polar surface area (TPSA) is 81.0 Å². The quantitative estimate of drug-likeness (QED) is 0.466. The second-order valence-electron chi connectivity index (χ2n) is 8.84. The maximum atomic E-state index is 14.2. The lowest BCUT2D eigenvalue weighted by atomic mass is 9.90. The first-order chi connectivity index (χ1) is 16.9. The number of nitrogens with zero attached hydrogens (tertiary/aromatic N) is 2. The lowest BCUT2D eigenvalue weighted by Crippen LogP contribution is -2.45. The van der Waals surface area contributed by atoms with Crippen molar-refractivity contribution in [3.05, 3.63) is 71.2 Å². The van der Waals surface area contributed by atoms with Crippen LogP contribution < -0.4 is 0 Å². The molecule has 2 aromatic carbocycles. The van der Waals surface area contributed by atoms with Gasteiger partial charge in [-0.2, -0.15) is 0 Å². The molecule has 35 heavy (non-hydrogen) atoms. The molecule has 1 aliphatic carbocycles. The summed E-state index contributed by atoms with van der Waals surface area (Å²) < 4.78 is 26.9. The van der Waals surface area contributed by atoms with Gasteiger partial charge in [0.1, 0.15) is 18.5 Å². The van der Waals surface area contributed by atoms with E-state index in [9.17, 15) is 19.1 Å². The highest BCUT2D eigenvalue weighted by molar-refractivity contribution is 5.88. The van der Waals surface area contributed by atoms with Crippen molar-refractivity contribution in [3.63, 3.8) is 0 Å². The molecule has 1 aromatic heterocycles. The zero-order chi connectivity index (χ0) is 24.9. The van der Waals surface area contributed by atoms with Crippen molar-refractivity contribution in [2.24, 2.45) is 0 Å². The van der Waals surface area contributed by atoms with Crippen LogP contribution in [-0.4, -0.2) is 52.9 Å². The van der Waals surface area contributed by atoms with E-state index < -0.39 is 18.1 Å². The first-order valence-electron chi connectivity index (χ1n) is 11.9. The van der Waals surface area contributed by atoms with Gasteiger partial charge in [0.15, 0.2) is 0 Å². The minimum Gasteiger partial charge on any atom is -0.480 e. The number of ether oxygens (including phenoxy) is 2. The highest BCUT2D eigenvalue weighted by Gasteiger charge is 2.34. The van der Waals surface area contributed by atoms with Crippen LogP contribution >= 0.6 is 0 Å². The van der Waals surface area contributed by atoms with Crippen molar-refractivity contribution in [1.29, 1.82) is 0 Å². The van der Waals surface area contributed by atoms with Gasteiger partial charge in [-0.25, -0.2) is 14.0 Å². The molecule has 3 aromatic rings. The fourth-order valence-electron chi connectivity index (χ4n) is 5.05. The van der Waals surface area contributed by atoms with Crippen molar-refractivity contribution in [1.82, 2.24) is 9.47 Å². The number of aromatic nitrogens is 1. The third kappa shape index (κ3) is 5.17. The van der Waals surface area contributed by atoms with Crippen molar-refractivity contribution in [2.45, 2.75) is 51.3 Å². The molecule has 4 rings (SSSR count). The van der Waals surface area contributed by atoms with Crippen LogP contribution in [0.3, 0.4) is 0 Å². The molecular formula is C27H31FN2O5. The Balaban J connectivity index is 1.64. The molecule has 0 bridgehead atoms. The number of carboxylic acid groups (broad SMARTS) is 1. The van der Waals surface area contributed by atoms with Crippen molar-refractivity contribution >= 4 is 23.0 Å². The molecule has 2 atom stereocenters. The lowest BCUT2D eigenvalue weighted by Gasteiger charge is -2.34. The maximum Gasteiger partial charge on any atom is 0.410 e. The summed E-state index contributed by atoms with van der Waals surface area (Å²) in [6.45, 7) is 2.73. The van der Waals surface area contributed by atoms with Crippen LogP contribution in [0, 0.1) is 5.82 Å². The van der Waals surface area contributed by atoms with E-state index in [2.05, 4.69) is 0 Å². The number of halogens is 1. The first-order valence-corrected chi connectivity index (χ1v) is 11.9. The number of hydrogen-bond donors (Lipinski definition) is 1. The van der Waals surface area contributed by atoms with Gasteiger partial charge in [0.2, 0.25) is 0 Å². The van der Waals surface area contributed by atoms with Gasteiger partial charge in [0.25, 0.3) is 0 Å². The Labute approximate surface area is 204 Å². The lowest BCUT2D eigenvalue weighted by molar-refractivity contribution is -0.140. The van der Waals surface area contributed by atoms with E-state index in [0.29, 0.717) is 49.7 Å². The zero-order valence-corrected chi connectivity index (χ0v) is 20.1. The zero-order valence-electron chi connectivity index (χ0n) is 20.1. The van der Waals surface area contributed by atoms with Gasteiger partial charge < -0.3 is 24.0 Å². The number of rotatable bonds is 9. The van der Waals surface area contributed by atoms with Crippen LogP contribution in [0.25, 0.3) is 10.9 Å². The van der Waals surface area contributed by atoms with E-state index in [1.165, 1.54) is 12.1 Å². The molecule has 0 fully saturated rings. The SMILES string of the molecule is CCC(C(=O)O)n1c2c(c3cc(F)ccc31)C[C@@H](N(CCOC)C(=O)OCc1ccccc1)CC2. The van der Waals surface area contributed by atoms with Crippen LogP contribution in [0.4, 0.5) is 9.18 Å². The Morgan fingerprint density at radius 2 is 2.00 bits per heavy atom. The number of amides is 1. The molecule has 7 nitrogen and oxygen atoms in total. The van der Waals surface area contributed by atoms with Crippen molar-refractivity contribution < 1.29 is 28.6 Å². The monoisotopic (exact) mass is 482 g/mol. The third-order valence-electron chi connectivity index (χ3n) is 6.74. The number of benzene rings is 2. The summed E-state index contributed by atoms with van der Waals surface area (Å²) in [4.78, 5) is 26.8. The molecule has 186 valence electrons. The average molecular weight is 483 g/mol. The van der Waals surface area contributed by atoms with E-state index in [1.807, 2.05) is 41.8 Å². The van der Waals surface area contributed by atoms with Crippen molar-refractivity contribution in [2.75, 3.05) is 20.3 Å². The molecule has 0 spiro atoms. The van der Waals surface area contributed by atoms with Crippen LogP contribution in [0.1, 0.15) is 42.6 Å². The number of carbonyl (C=O) groups is 2. The molecule has 1 N–H and O–H groups in total. The van der Waals surface area contributed by atoms with Gasteiger partial charge in [-0.1, -0.05) is 37.3 Å². The third-order valence-corrected chi connectivity index (χ3v) is 6.74. The minimum absolute atomic E-state index is 0.169. The van der Waals surface area contributed by atoms with Crippen LogP contribution in [-0.2, 0) is 33.7 Å². The number of aliphatic carboxylic acids is 1.